The SMILES string of the molecule is C=C[C@]1(C)CC[C@@H]2C(=C[C@H]3OC(=O)[C@@]4(C)C(=O)CC[C@@]2(C)[C@@H]34)C1. The van der Waals surface area contributed by atoms with Crippen LogP contribution in [0, 0.1) is 28.1 Å². The molecule has 0 aromatic carbocycles. The maximum Gasteiger partial charge on any atom is 0.320 e. The molecule has 1 heterocycles. The second-order valence-electron chi connectivity index (χ2n) is 8.85. The molecule has 4 aliphatic rings. The molecule has 6 atom stereocenters. The zero-order valence-electron chi connectivity index (χ0n) is 14.4. The van der Waals surface area contributed by atoms with Gasteiger partial charge in [0, 0.05) is 12.3 Å². The van der Waals surface area contributed by atoms with Crippen LogP contribution in [0.4, 0.5) is 0 Å². The average molecular weight is 314 g/mol. The van der Waals surface area contributed by atoms with E-state index in [1.807, 2.05) is 6.92 Å². The summed E-state index contributed by atoms with van der Waals surface area (Å²) in [5.74, 6) is 0.255. The van der Waals surface area contributed by atoms with Crippen molar-refractivity contribution >= 4 is 11.8 Å². The molecule has 0 bridgehead atoms. The Morgan fingerprint density at radius 3 is 2.70 bits per heavy atom. The summed E-state index contributed by atoms with van der Waals surface area (Å²) in [5.41, 5.74) is 0.626. The molecule has 0 aromatic rings. The van der Waals surface area contributed by atoms with Crippen LogP contribution in [0.2, 0.25) is 0 Å². The molecule has 124 valence electrons. The molecule has 3 nitrogen and oxygen atoms in total. The van der Waals surface area contributed by atoms with Gasteiger partial charge in [-0.25, -0.2) is 0 Å². The van der Waals surface area contributed by atoms with Crippen LogP contribution in [0.5, 0.6) is 0 Å². The van der Waals surface area contributed by atoms with Crippen LogP contribution in [0.1, 0.15) is 52.9 Å². The molecule has 0 spiro atoms. The topological polar surface area (TPSA) is 43.4 Å². The van der Waals surface area contributed by atoms with E-state index >= 15 is 0 Å². The standard InChI is InChI=1S/C20H26O3/c1-5-18(2)8-6-13-12(11-18)10-14-16-19(13,3)9-7-15(21)20(16,4)17(22)23-14/h5,10,13-14,16H,1,6-9,11H2,2-4H3/t13-,14-,16-,18-,19-,20+/m1/s1. The Morgan fingerprint density at radius 1 is 1.26 bits per heavy atom. The Hall–Kier alpha value is -1.38. The highest BCUT2D eigenvalue weighted by atomic mass is 16.6. The molecule has 3 aliphatic carbocycles. The van der Waals surface area contributed by atoms with Gasteiger partial charge in [-0.15, -0.1) is 6.58 Å². The number of allylic oxidation sites excluding steroid dienone is 2. The molecular weight excluding hydrogens is 288 g/mol. The first-order valence-corrected chi connectivity index (χ1v) is 8.83. The number of carbonyl (C=O) groups is 2. The number of ether oxygens (including phenoxy) is 1. The predicted octanol–water partition coefficient (Wildman–Crippen LogP) is 3.84. The number of fused-ring (bicyclic) bond motifs is 2. The van der Waals surface area contributed by atoms with Gasteiger partial charge in [0.1, 0.15) is 17.3 Å². The van der Waals surface area contributed by atoms with Gasteiger partial charge in [0.15, 0.2) is 0 Å². The molecule has 0 N–H and O–H groups in total. The minimum absolute atomic E-state index is 0.00517. The number of carbonyl (C=O) groups excluding carboxylic acids is 2. The van der Waals surface area contributed by atoms with E-state index in [1.54, 1.807) is 0 Å². The van der Waals surface area contributed by atoms with Gasteiger partial charge in [0.2, 0.25) is 0 Å². The molecule has 1 aliphatic heterocycles. The maximum atomic E-state index is 12.6. The van der Waals surface area contributed by atoms with Crippen molar-refractivity contribution in [3.8, 4) is 0 Å². The monoisotopic (exact) mass is 314 g/mol. The highest BCUT2D eigenvalue weighted by Crippen LogP contribution is 2.65. The summed E-state index contributed by atoms with van der Waals surface area (Å²) in [4.78, 5) is 25.1. The molecule has 2 saturated carbocycles. The molecule has 23 heavy (non-hydrogen) atoms. The second kappa shape index (κ2) is 4.37. The van der Waals surface area contributed by atoms with Crippen LogP contribution >= 0.6 is 0 Å². The minimum atomic E-state index is -0.932. The molecular formula is C20H26O3. The lowest BCUT2D eigenvalue weighted by Crippen LogP contribution is -2.57. The van der Waals surface area contributed by atoms with E-state index in [2.05, 4.69) is 32.6 Å². The third kappa shape index (κ3) is 1.71. The van der Waals surface area contributed by atoms with E-state index in [9.17, 15) is 9.59 Å². The number of ketones is 1. The van der Waals surface area contributed by atoms with Crippen molar-refractivity contribution in [2.75, 3.05) is 0 Å². The lowest BCUT2D eigenvalue weighted by atomic mass is 9.45. The molecule has 1 saturated heterocycles. The van der Waals surface area contributed by atoms with Gasteiger partial charge in [-0.3, -0.25) is 9.59 Å². The highest BCUT2D eigenvalue weighted by molar-refractivity contribution is 6.06. The molecule has 0 aromatic heterocycles. The molecule has 0 amide bonds. The minimum Gasteiger partial charge on any atom is -0.457 e. The summed E-state index contributed by atoms with van der Waals surface area (Å²) in [6.45, 7) is 10.4. The van der Waals surface area contributed by atoms with Crippen LogP contribution in [-0.2, 0) is 14.3 Å². The number of rotatable bonds is 1. The van der Waals surface area contributed by atoms with Gasteiger partial charge in [0.05, 0.1) is 0 Å². The van der Waals surface area contributed by atoms with E-state index < -0.39 is 5.41 Å². The van der Waals surface area contributed by atoms with E-state index in [4.69, 9.17) is 4.74 Å². The van der Waals surface area contributed by atoms with Crippen LogP contribution in [0.3, 0.4) is 0 Å². The van der Waals surface area contributed by atoms with Crippen LogP contribution < -0.4 is 0 Å². The van der Waals surface area contributed by atoms with Crippen molar-refractivity contribution in [3.05, 3.63) is 24.3 Å². The largest absolute Gasteiger partial charge is 0.457 e. The first-order chi connectivity index (χ1) is 10.7. The predicted molar refractivity (Wildman–Crippen MR) is 87.6 cm³/mol. The van der Waals surface area contributed by atoms with Crippen molar-refractivity contribution in [1.29, 1.82) is 0 Å². The summed E-state index contributed by atoms with van der Waals surface area (Å²) < 4.78 is 5.71. The van der Waals surface area contributed by atoms with Crippen LogP contribution in [-0.4, -0.2) is 17.9 Å². The van der Waals surface area contributed by atoms with E-state index in [0.29, 0.717) is 12.3 Å². The lowest BCUT2D eigenvalue weighted by molar-refractivity contribution is -0.155. The molecule has 0 unspecified atom stereocenters. The summed E-state index contributed by atoms with van der Waals surface area (Å²) in [5, 5.41) is 0. The average Bonchev–Trinajstić information content (AvgIpc) is 2.77. The number of esters is 1. The van der Waals surface area contributed by atoms with Gasteiger partial charge in [-0.2, -0.15) is 0 Å². The maximum absolute atomic E-state index is 12.6. The van der Waals surface area contributed by atoms with Gasteiger partial charge >= 0.3 is 5.97 Å². The Labute approximate surface area is 138 Å². The van der Waals surface area contributed by atoms with Crippen molar-refractivity contribution in [1.82, 2.24) is 0 Å². The van der Waals surface area contributed by atoms with Crippen molar-refractivity contribution in [3.63, 3.8) is 0 Å². The van der Waals surface area contributed by atoms with Crippen molar-refractivity contribution in [2.45, 2.75) is 59.0 Å². The summed E-state index contributed by atoms with van der Waals surface area (Å²) in [6, 6.07) is 0. The Kier molecular flexibility index (Phi) is 2.88. The second-order valence-corrected chi connectivity index (χ2v) is 8.85. The number of hydrogen-bond acceptors (Lipinski definition) is 3. The van der Waals surface area contributed by atoms with Crippen LogP contribution in [0.15, 0.2) is 24.3 Å². The van der Waals surface area contributed by atoms with Gasteiger partial charge in [-0.1, -0.05) is 25.5 Å². The van der Waals surface area contributed by atoms with Gasteiger partial charge in [-0.05, 0) is 55.4 Å². The number of Topliss-reactive ketones (excluding diaryl/α,β-unsaturated/α-hetero) is 1. The zero-order chi connectivity index (χ0) is 16.6. The third-order valence-electron chi connectivity index (χ3n) is 7.53. The van der Waals surface area contributed by atoms with Crippen molar-refractivity contribution in [2.24, 2.45) is 28.1 Å². The Morgan fingerprint density at radius 2 is 2.00 bits per heavy atom. The highest BCUT2D eigenvalue weighted by Gasteiger charge is 2.69. The zero-order valence-corrected chi connectivity index (χ0v) is 14.4. The van der Waals surface area contributed by atoms with Crippen LogP contribution in [0.25, 0.3) is 0 Å². The van der Waals surface area contributed by atoms with E-state index in [-0.39, 0.29) is 34.6 Å². The Balaban J connectivity index is 1.83. The summed E-state index contributed by atoms with van der Waals surface area (Å²) >= 11 is 0. The first kappa shape index (κ1) is 15.2. The first-order valence-electron chi connectivity index (χ1n) is 8.83. The molecule has 0 radical (unpaired) electrons. The molecule has 4 rings (SSSR count). The summed E-state index contributed by atoms with van der Waals surface area (Å²) in [6.07, 6.45) is 8.67. The number of hydrogen-bond donors (Lipinski definition) is 0. The van der Waals surface area contributed by atoms with Gasteiger partial charge in [0.25, 0.3) is 0 Å². The summed E-state index contributed by atoms with van der Waals surface area (Å²) in [7, 11) is 0. The van der Waals surface area contributed by atoms with E-state index in [0.717, 1.165) is 25.7 Å². The smallest absolute Gasteiger partial charge is 0.320 e. The van der Waals surface area contributed by atoms with Crippen molar-refractivity contribution < 1.29 is 14.3 Å². The fourth-order valence-corrected chi connectivity index (χ4v) is 6.06. The normalized spacial score (nSPS) is 51.4. The van der Waals surface area contributed by atoms with E-state index in [1.165, 1.54) is 5.57 Å². The molecule has 3 heteroatoms. The quantitative estimate of drug-likeness (QED) is 0.419. The fraction of sp³-hybridized carbons (Fsp3) is 0.700. The third-order valence-corrected chi connectivity index (χ3v) is 7.53. The molecule has 3 fully saturated rings. The Bertz CT molecular complexity index is 647. The lowest BCUT2D eigenvalue weighted by Gasteiger charge is -2.56. The fourth-order valence-electron chi connectivity index (χ4n) is 6.06. The van der Waals surface area contributed by atoms with Gasteiger partial charge < -0.3 is 4.74 Å².